The Hall–Kier alpha value is -1.23. The van der Waals surface area contributed by atoms with Gasteiger partial charge in [-0.05, 0) is 32.4 Å². The minimum atomic E-state index is -0.0150. The van der Waals surface area contributed by atoms with Crippen molar-refractivity contribution in [1.82, 2.24) is 9.88 Å². The summed E-state index contributed by atoms with van der Waals surface area (Å²) < 4.78 is 0. The number of aryl methyl sites for hydroxylation is 1. The predicted octanol–water partition coefficient (Wildman–Crippen LogP) is 3.23. The van der Waals surface area contributed by atoms with Crippen molar-refractivity contribution in [2.45, 2.75) is 38.8 Å². The van der Waals surface area contributed by atoms with Gasteiger partial charge in [0, 0.05) is 24.0 Å². The molecule has 2 aromatic rings. The first-order valence-corrected chi connectivity index (χ1v) is 8.34. The molecule has 3 nitrogen and oxygen atoms in total. The minimum Gasteiger partial charge on any atom is -0.329 e. The van der Waals surface area contributed by atoms with E-state index in [4.69, 9.17) is 5.73 Å². The molecule has 1 aromatic heterocycles. The van der Waals surface area contributed by atoms with Crippen LogP contribution in [0.3, 0.4) is 0 Å². The second kappa shape index (κ2) is 7.16. The fourth-order valence-electron chi connectivity index (χ4n) is 2.77. The van der Waals surface area contributed by atoms with Gasteiger partial charge in [0.1, 0.15) is 0 Å². The number of hydrogen-bond acceptors (Lipinski definition) is 4. The van der Waals surface area contributed by atoms with Gasteiger partial charge >= 0.3 is 0 Å². The Morgan fingerprint density at radius 1 is 1.29 bits per heavy atom. The maximum absolute atomic E-state index is 6.17. The van der Waals surface area contributed by atoms with Crippen LogP contribution in [0.5, 0.6) is 0 Å². The quantitative estimate of drug-likeness (QED) is 0.854. The molecule has 1 unspecified atom stereocenters. The van der Waals surface area contributed by atoms with E-state index < -0.39 is 0 Å². The highest BCUT2D eigenvalue weighted by atomic mass is 32.1. The average Bonchev–Trinajstić information content (AvgIpc) is 2.91. The second-order valence-electron chi connectivity index (χ2n) is 5.66. The summed E-state index contributed by atoms with van der Waals surface area (Å²) >= 11 is 1.71. The molecule has 0 aliphatic carbocycles. The van der Waals surface area contributed by atoms with E-state index in [0.29, 0.717) is 6.54 Å². The van der Waals surface area contributed by atoms with Crippen LogP contribution < -0.4 is 5.73 Å². The van der Waals surface area contributed by atoms with Gasteiger partial charge in [-0.1, -0.05) is 37.3 Å². The van der Waals surface area contributed by atoms with E-state index in [0.717, 1.165) is 30.1 Å². The van der Waals surface area contributed by atoms with Gasteiger partial charge in [-0.2, -0.15) is 0 Å². The standard InChI is InChI=1S/C17H25N3S/c1-4-17(13-18,10-15-8-6-5-7-9-15)20(3)11-16-12-21-14(2)19-16/h5-9,12H,4,10-11,13,18H2,1-3H3. The molecule has 2 N–H and O–H groups in total. The topological polar surface area (TPSA) is 42.1 Å². The van der Waals surface area contributed by atoms with E-state index in [2.05, 4.69) is 59.6 Å². The Morgan fingerprint density at radius 3 is 2.52 bits per heavy atom. The van der Waals surface area contributed by atoms with Crippen molar-refractivity contribution in [2.24, 2.45) is 5.73 Å². The Kier molecular flexibility index (Phi) is 5.51. The summed E-state index contributed by atoms with van der Waals surface area (Å²) in [6.07, 6.45) is 2.00. The van der Waals surface area contributed by atoms with Crippen molar-refractivity contribution in [3.63, 3.8) is 0 Å². The lowest BCUT2D eigenvalue weighted by Gasteiger charge is -2.40. The summed E-state index contributed by atoms with van der Waals surface area (Å²) in [6.45, 7) is 5.77. The van der Waals surface area contributed by atoms with Crippen LogP contribution in [0.25, 0.3) is 0 Å². The van der Waals surface area contributed by atoms with Crippen LogP contribution in [0.2, 0.25) is 0 Å². The van der Waals surface area contributed by atoms with Crippen LogP contribution in [-0.2, 0) is 13.0 Å². The van der Waals surface area contributed by atoms with E-state index in [9.17, 15) is 0 Å². The molecule has 1 aromatic carbocycles. The van der Waals surface area contributed by atoms with Crippen LogP contribution in [0.4, 0.5) is 0 Å². The highest BCUT2D eigenvalue weighted by Crippen LogP contribution is 2.25. The number of likely N-dealkylation sites (N-methyl/N-ethyl adjacent to an activating group) is 1. The monoisotopic (exact) mass is 303 g/mol. The number of thiazole rings is 1. The lowest BCUT2D eigenvalue weighted by atomic mass is 9.86. The maximum Gasteiger partial charge on any atom is 0.0897 e. The molecule has 114 valence electrons. The number of nitrogens with two attached hydrogens (primary N) is 1. The van der Waals surface area contributed by atoms with E-state index in [1.165, 1.54) is 5.56 Å². The Labute approximate surface area is 131 Å². The molecular formula is C17H25N3S. The van der Waals surface area contributed by atoms with Crippen LogP contribution in [0, 0.1) is 6.92 Å². The van der Waals surface area contributed by atoms with Gasteiger partial charge in [0.25, 0.3) is 0 Å². The van der Waals surface area contributed by atoms with E-state index in [1.807, 2.05) is 6.92 Å². The van der Waals surface area contributed by atoms with Gasteiger partial charge < -0.3 is 5.73 Å². The first-order chi connectivity index (χ1) is 10.1. The molecule has 0 aliphatic heterocycles. The smallest absolute Gasteiger partial charge is 0.0897 e. The highest BCUT2D eigenvalue weighted by molar-refractivity contribution is 7.09. The lowest BCUT2D eigenvalue weighted by Crippen LogP contribution is -2.53. The Balaban J connectivity index is 2.16. The molecule has 0 spiro atoms. The Morgan fingerprint density at radius 2 is 2.00 bits per heavy atom. The molecule has 0 fully saturated rings. The van der Waals surface area contributed by atoms with Gasteiger partial charge in [-0.3, -0.25) is 4.90 Å². The fraction of sp³-hybridized carbons (Fsp3) is 0.471. The predicted molar refractivity (Wildman–Crippen MR) is 90.5 cm³/mol. The third-order valence-electron chi connectivity index (χ3n) is 4.29. The van der Waals surface area contributed by atoms with Gasteiger partial charge in [-0.25, -0.2) is 4.98 Å². The second-order valence-corrected chi connectivity index (χ2v) is 6.72. The van der Waals surface area contributed by atoms with Crippen molar-refractivity contribution in [3.8, 4) is 0 Å². The summed E-state index contributed by atoms with van der Waals surface area (Å²) in [5, 5.41) is 3.27. The lowest BCUT2D eigenvalue weighted by molar-refractivity contribution is 0.111. The van der Waals surface area contributed by atoms with Crippen LogP contribution >= 0.6 is 11.3 Å². The molecule has 4 heteroatoms. The van der Waals surface area contributed by atoms with Crippen LogP contribution in [-0.4, -0.2) is 29.0 Å². The molecule has 0 saturated carbocycles. The summed E-state index contributed by atoms with van der Waals surface area (Å²) in [5.41, 5.74) is 8.63. The van der Waals surface area contributed by atoms with Crippen LogP contribution in [0.15, 0.2) is 35.7 Å². The minimum absolute atomic E-state index is 0.0150. The normalized spacial score (nSPS) is 14.3. The average molecular weight is 303 g/mol. The van der Waals surface area contributed by atoms with Crippen molar-refractivity contribution < 1.29 is 0 Å². The number of benzene rings is 1. The summed E-state index contributed by atoms with van der Waals surface area (Å²) in [7, 11) is 2.16. The van der Waals surface area contributed by atoms with Crippen LogP contribution in [0.1, 0.15) is 29.6 Å². The molecule has 1 atom stereocenters. The molecule has 0 amide bonds. The zero-order chi connectivity index (χ0) is 15.3. The molecule has 21 heavy (non-hydrogen) atoms. The molecular weight excluding hydrogens is 278 g/mol. The van der Waals surface area contributed by atoms with E-state index in [-0.39, 0.29) is 5.54 Å². The third kappa shape index (κ3) is 3.90. The van der Waals surface area contributed by atoms with Crippen molar-refractivity contribution in [2.75, 3.05) is 13.6 Å². The molecule has 0 radical (unpaired) electrons. The molecule has 0 saturated heterocycles. The molecule has 1 heterocycles. The first kappa shape index (κ1) is 16.1. The number of hydrogen-bond donors (Lipinski definition) is 1. The number of rotatable bonds is 7. The van der Waals surface area contributed by atoms with Gasteiger partial charge in [0.15, 0.2) is 0 Å². The van der Waals surface area contributed by atoms with E-state index in [1.54, 1.807) is 11.3 Å². The van der Waals surface area contributed by atoms with Crippen molar-refractivity contribution >= 4 is 11.3 Å². The SMILES string of the molecule is CCC(CN)(Cc1ccccc1)N(C)Cc1csc(C)n1. The highest BCUT2D eigenvalue weighted by Gasteiger charge is 2.31. The van der Waals surface area contributed by atoms with E-state index >= 15 is 0 Å². The van der Waals surface area contributed by atoms with Crippen molar-refractivity contribution in [1.29, 1.82) is 0 Å². The van der Waals surface area contributed by atoms with Gasteiger partial charge in [-0.15, -0.1) is 11.3 Å². The summed E-state index contributed by atoms with van der Waals surface area (Å²) in [5.74, 6) is 0. The number of nitrogens with zero attached hydrogens (tertiary/aromatic N) is 2. The fourth-order valence-corrected chi connectivity index (χ4v) is 3.37. The maximum atomic E-state index is 6.17. The number of aromatic nitrogens is 1. The summed E-state index contributed by atoms with van der Waals surface area (Å²) in [6, 6.07) is 10.6. The van der Waals surface area contributed by atoms with Gasteiger partial charge in [0.2, 0.25) is 0 Å². The Bertz CT molecular complexity index is 546. The molecule has 0 aliphatic rings. The van der Waals surface area contributed by atoms with Gasteiger partial charge in [0.05, 0.1) is 10.7 Å². The molecule has 0 bridgehead atoms. The van der Waals surface area contributed by atoms with Crippen molar-refractivity contribution in [3.05, 3.63) is 52.0 Å². The zero-order valence-corrected chi connectivity index (χ0v) is 14.0. The summed E-state index contributed by atoms with van der Waals surface area (Å²) in [4.78, 5) is 6.95. The third-order valence-corrected chi connectivity index (χ3v) is 5.11. The first-order valence-electron chi connectivity index (χ1n) is 7.46. The molecule has 2 rings (SSSR count). The largest absolute Gasteiger partial charge is 0.329 e. The zero-order valence-electron chi connectivity index (χ0n) is 13.2.